The van der Waals surface area contributed by atoms with Gasteiger partial charge in [0.1, 0.15) is 5.75 Å². The molecule has 0 atom stereocenters. The number of aliphatic hydroxyl groups is 1. The number of hydrogen-bond acceptors (Lipinski definition) is 8. The van der Waals surface area contributed by atoms with Crippen LogP contribution in [0.3, 0.4) is 0 Å². The molecule has 0 saturated carbocycles. The van der Waals surface area contributed by atoms with Crippen LogP contribution < -0.4 is 21.4 Å². The van der Waals surface area contributed by atoms with Crippen LogP contribution in [-0.4, -0.2) is 42.4 Å². The Hall–Kier alpha value is -4.48. The lowest BCUT2D eigenvalue weighted by Crippen LogP contribution is -2.43. The van der Waals surface area contributed by atoms with E-state index in [4.69, 9.17) is 26.6 Å². The number of anilines is 2. The number of ether oxygens (including phenoxy) is 1. The van der Waals surface area contributed by atoms with E-state index in [-0.39, 0.29) is 25.5 Å². The largest absolute Gasteiger partial charge is 0.481 e. The zero-order chi connectivity index (χ0) is 26.8. The predicted molar refractivity (Wildman–Crippen MR) is 138 cm³/mol. The Bertz CT molecular complexity index is 1440. The van der Waals surface area contributed by atoms with E-state index in [1.165, 1.54) is 4.57 Å². The maximum Gasteiger partial charge on any atom is 0.354 e. The fraction of sp³-hybridized carbons (Fsp3) is 0.160. The SMILES string of the molecule is CO.O=C(O)CCn1c(=O)nc(Nc2ccc(Oc3ccccn3)cc2)n(Cc2ccc(Cl)cc2)c1=O. The third kappa shape index (κ3) is 7.50. The van der Waals surface area contributed by atoms with Crippen LogP contribution >= 0.6 is 11.6 Å². The number of nitrogens with one attached hydrogen (secondary N) is 1. The van der Waals surface area contributed by atoms with E-state index in [0.29, 0.717) is 22.3 Å². The fourth-order valence-electron chi connectivity index (χ4n) is 3.20. The maximum absolute atomic E-state index is 13.1. The van der Waals surface area contributed by atoms with Crippen LogP contribution in [0.2, 0.25) is 5.02 Å². The van der Waals surface area contributed by atoms with Crippen molar-refractivity contribution in [3.05, 3.63) is 104 Å². The molecule has 0 spiro atoms. The highest BCUT2D eigenvalue weighted by Crippen LogP contribution is 2.22. The Kier molecular flexibility index (Phi) is 9.53. The highest BCUT2D eigenvalue weighted by Gasteiger charge is 2.15. The number of pyridine rings is 1. The van der Waals surface area contributed by atoms with Crippen LogP contribution in [0.25, 0.3) is 0 Å². The summed E-state index contributed by atoms with van der Waals surface area (Å²) < 4.78 is 7.75. The molecule has 0 aliphatic heterocycles. The van der Waals surface area contributed by atoms with E-state index in [2.05, 4.69) is 15.3 Å². The van der Waals surface area contributed by atoms with E-state index >= 15 is 0 Å². The van der Waals surface area contributed by atoms with Gasteiger partial charge in [-0.3, -0.25) is 9.36 Å². The van der Waals surface area contributed by atoms with E-state index < -0.39 is 17.3 Å². The summed E-state index contributed by atoms with van der Waals surface area (Å²) in [5.41, 5.74) is -0.235. The molecule has 2 heterocycles. The molecule has 0 saturated heterocycles. The Morgan fingerprint density at radius 1 is 1.00 bits per heavy atom. The summed E-state index contributed by atoms with van der Waals surface area (Å²) in [4.78, 5) is 44.8. The van der Waals surface area contributed by atoms with Crippen molar-refractivity contribution in [3.63, 3.8) is 0 Å². The summed E-state index contributed by atoms with van der Waals surface area (Å²) >= 11 is 5.96. The summed E-state index contributed by atoms with van der Waals surface area (Å²) in [5.74, 6) is -0.128. The van der Waals surface area contributed by atoms with Gasteiger partial charge in [-0.2, -0.15) is 4.98 Å². The number of hydrogen-bond donors (Lipinski definition) is 3. The maximum atomic E-state index is 13.1. The third-order valence-corrected chi connectivity index (χ3v) is 5.18. The molecular weight excluding hydrogens is 502 g/mol. The average molecular weight is 526 g/mol. The average Bonchev–Trinajstić information content (AvgIpc) is 2.90. The van der Waals surface area contributed by atoms with Gasteiger partial charge in [0.15, 0.2) is 0 Å². The fourth-order valence-corrected chi connectivity index (χ4v) is 3.33. The van der Waals surface area contributed by atoms with E-state index in [1.54, 1.807) is 66.9 Å². The minimum absolute atomic E-state index is 0.0138. The second kappa shape index (κ2) is 13.0. The molecule has 0 aliphatic rings. The van der Waals surface area contributed by atoms with Crippen molar-refractivity contribution >= 4 is 29.2 Å². The molecule has 2 aromatic heterocycles. The zero-order valence-corrected chi connectivity index (χ0v) is 20.5. The van der Waals surface area contributed by atoms with Crippen LogP contribution in [0.4, 0.5) is 11.6 Å². The van der Waals surface area contributed by atoms with Crippen LogP contribution in [0.15, 0.2) is 82.5 Å². The summed E-state index contributed by atoms with van der Waals surface area (Å²) in [5, 5.41) is 19.5. The minimum Gasteiger partial charge on any atom is -0.481 e. The van der Waals surface area contributed by atoms with Gasteiger partial charge in [-0.05, 0) is 48.0 Å². The number of carboxylic acid groups (broad SMARTS) is 1. The first-order chi connectivity index (χ1) is 17.9. The number of aliphatic hydroxyl groups excluding tert-OH is 1. The first-order valence-electron chi connectivity index (χ1n) is 11.0. The number of halogens is 1. The first kappa shape index (κ1) is 27.1. The lowest BCUT2D eigenvalue weighted by molar-refractivity contribution is -0.137. The molecule has 4 aromatic rings. The zero-order valence-electron chi connectivity index (χ0n) is 19.7. The topological polar surface area (TPSA) is 149 Å². The van der Waals surface area contributed by atoms with Crippen LogP contribution in [0, 0.1) is 0 Å². The number of aliphatic carboxylic acids is 1. The lowest BCUT2D eigenvalue weighted by Gasteiger charge is -2.16. The molecule has 2 aromatic carbocycles. The second-order valence-corrected chi connectivity index (χ2v) is 7.86. The quantitative estimate of drug-likeness (QED) is 0.299. The van der Waals surface area contributed by atoms with Crippen molar-refractivity contribution in [2.24, 2.45) is 0 Å². The van der Waals surface area contributed by atoms with Crippen LogP contribution in [0.5, 0.6) is 11.6 Å². The minimum atomic E-state index is -1.13. The third-order valence-electron chi connectivity index (χ3n) is 4.92. The van der Waals surface area contributed by atoms with Gasteiger partial charge in [-0.25, -0.2) is 19.1 Å². The molecule has 11 nitrogen and oxygen atoms in total. The van der Waals surface area contributed by atoms with Crippen molar-refractivity contribution in [1.82, 2.24) is 19.1 Å². The number of carbonyl (C=O) groups is 1. The van der Waals surface area contributed by atoms with Gasteiger partial charge in [0.2, 0.25) is 11.8 Å². The van der Waals surface area contributed by atoms with Crippen LogP contribution in [0.1, 0.15) is 12.0 Å². The Labute approximate surface area is 216 Å². The molecular formula is C25H24ClN5O6. The molecule has 3 N–H and O–H groups in total. The van der Waals surface area contributed by atoms with Gasteiger partial charge in [0.25, 0.3) is 0 Å². The van der Waals surface area contributed by atoms with Crippen molar-refractivity contribution < 1.29 is 19.7 Å². The van der Waals surface area contributed by atoms with Crippen molar-refractivity contribution in [1.29, 1.82) is 0 Å². The van der Waals surface area contributed by atoms with Gasteiger partial charge < -0.3 is 20.3 Å². The number of rotatable bonds is 9. The molecule has 0 unspecified atom stereocenters. The van der Waals surface area contributed by atoms with Gasteiger partial charge in [0.05, 0.1) is 13.0 Å². The van der Waals surface area contributed by atoms with Crippen molar-refractivity contribution in [3.8, 4) is 11.6 Å². The Morgan fingerprint density at radius 3 is 2.32 bits per heavy atom. The van der Waals surface area contributed by atoms with E-state index in [1.807, 2.05) is 6.07 Å². The predicted octanol–water partition coefficient (Wildman–Crippen LogP) is 3.12. The van der Waals surface area contributed by atoms with Crippen molar-refractivity contribution in [2.45, 2.75) is 19.5 Å². The molecule has 0 bridgehead atoms. The van der Waals surface area contributed by atoms with Gasteiger partial charge in [-0.15, -0.1) is 0 Å². The second-order valence-electron chi connectivity index (χ2n) is 7.43. The number of nitrogens with zero attached hydrogens (tertiary/aromatic N) is 4. The summed E-state index contributed by atoms with van der Waals surface area (Å²) in [6, 6.07) is 19.0. The van der Waals surface area contributed by atoms with Gasteiger partial charge >= 0.3 is 17.3 Å². The van der Waals surface area contributed by atoms with Gasteiger partial charge in [0, 0.05) is 36.6 Å². The summed E-state index contributed by atoms with van der Waals surface area (Å²) in [6.07, 6.45) is 1.23. The number of benzene rings is 2. The highest BCUT2D eigenvalue weighted by atomic mass is 35.5. The molecule has 192 valence electrons. The Morgan fingerprint density at radius 2 is 1.70 bits per heavy atom. The molecule has 0 radical (unpaired) electrons. The smallest absolute Gasteiger partial charge is 0.354 e. The molecule has 0 fully saturated rings. The number of carboxylic acids is 1. The Balaban J connectivity index is 0.00000186. The standard InChI is InChI=1S/C24H20ClN5O5.CH4O/c25-17-6-4-16(5-7-17)15-30-22(28-23(33)29(24(30)34)14-12-21(31)32)27-18-8-10-19(11-9-18)35-20-3-1-2-13-26-20;1-2/h1-11,13H,12,14-15H2,(H,31,32)(H,27,28,33);2H,1H3. The first-order valence-corrected chi connectivity index (χ1v) is 11.4. The van der Waals surface area contributed by atoms with Crippen molar-refractivity contribution in [2.75, 3.05) is 12.4 Å². The summed E-state index contributed by atoms with van der Waals surface area (Å²) in [7, 11) is 1.00. The molecule has 4 rings (SSSR count). The number of aromatic nitrogens is 4. The monoisotopic (exact) mass is 525 g/mol. The lowest BCUT2D eigenvalue weighted by atomic mass is 10.2. The van der Waals surface area contributed by atoms with Gasteiger partial charge in [-0.1, -0.05) is 29.8 Å². The molecule has 37 heavy (non-hydrogen) atoms. The summed E-state index contributed by atoms with van der Waals surface area (Å²) in [6.45, 7) is -0.208. The van der Waals surface area contributed by atoms with E-state index in [9.17, 15) is 14.4 Å². The normalized spacial score (nSPS) is 10.2. The molecule has 12 heteroatoms. The van der Waals surface area contributed by atoms with Crippen LogP contribution in [-0.2, 0) is 17.9 Å². The van der Waals surface area contributed by atoms with E-state index in [0.717, 1.165) is 17.2 Å². The molecule has 0 amide bonds. The highest BCUT2D eigenvalue weighted by molar-refractivity contribution is 6.30. The molecule has 0 aliphatic carbocycles.